The zero-order chi connectivity index (χ0) is 15.8. The van der Waals surface area contributed by atoms with Crippen LogP contribution in [0.1, 0.15) is 37.6 Å². The summed E-state index contributed by atoms with van der Waals surface area (Å²) in [4.78, 5) is 22.7. The van der Waals surface area contributed by atoms with Crippen LogP contribution < -0.4 is 0 Å². The number of benzene rings is 1. The number of carbonyl (C=O) groups excluding carboxylic acids is 1. The van der Waals surface area contributed by atoms with Crippen LogP contribution in [0.2, 0.25) is 0 Å². The van der Waals surface area contributed by atoms with Crippen LogP contribution in [0, 0.1) is 15.5 Å². The van der Waals surface area contributed by atoms with Crippen molar-refractivity contribution in [3.05, 3.63) is 39.9 Å². The van der Waals surface area contributed by atoms with Crippen molar-refractivity contribution in [1.82, 2.24) is 5.01 Å². The molecule has 21 heavy (non-hydrogen) atoms. The highest BCUT2D eigenvalue weighted by Crippen LogP contribution is 2.39. The molecule has 1 N–H and O–H groups in total. The Balaban J connectivity index is 2.38. The number of aliphatic hydroxyl groups is 1. The predicted octanol–water partition coefficient (Wildman–Crippen LogP) is 2.16. The first-order valence-electron chi connectivity index (χ1n) is 6.51. The normalized spacial score (nSPS) is 21.6. The van der Waals surface area contributed by atoms with Gasteiger partial charge in [0.15, 0.2) is 5.72 Å². The number of rotatable bonds is 2. The number of nitrogens with zero attached hydrogens (tertiary/aromatic N) is 3. The zero-order valence-corrected chi connectivity index (χ0v) is 12.1. The van der Waals surface area contributed by atoms with E-state index in [9.17, 15) is 20.0 Å². The fraction of sp³-hybridized carbons (Fsp3) is 0.429. The number of hydrogen-bond acceptors (Lipinski definition) is 5. The summed E-state index contributed by atoms with van der Waals surface area (Å²) < 4.78 is 0. The minimum Gasteiger partial charge on any atom is -0.368 e. The van der Waals surface area contributed by atoms with Crippen molar-refractivity contribution in [2.45, 2.75) is 32.9 Å². The van der Waals surface area contributed by atoms with Crippen LogP contribution in [0.3, 0.4) is 0 Å². The van der Waals surface area contributed by atoms with E-state index in [0.29, 0.717) is 0 Å². The molecule has 1 aromatic rings. The maximum Gasteiger partial charge on any atom is 0.276 e. The fourth-order valence-corrected chi connectivity index (χ4v) is 2.15. The van der Waals surface area contributed by atoms with Crippen molar-refractivity contribution in [3.63, 3.8) is 0 Å². The molecule has 0 aliphatic carbocycles. The van der Waals surface area contributed by atoms with E-state index in [0.717, 1.165) is 5.01 Å². The Morgan fingerprint density at radius 2 is 2.14 bits per heavy atom. The van der Waals surface area contributed by atoms with Crippen molar-refractivity contribution in [1.29, 1.82) is 0 Å². The van der Waals surface area contributed by atoms with Crippen LogP contribution >= 0.6 is 0 Å². The van der Waals surface area contributed by atoms with Gasteiger partial charge in [-0.05, 0) is 6.07 Å². The Labute approximate surface area is 122 Å². The molecule has 0 saturated heterocycles. The first-order chi connectivity index (χ1) is 9.67. The maximum atomic E-state index is 12.5. The molecule has 1 heterocycles. The molecule has 1 aromatic carbocycles. The van der Waals surface area contributed by atoms with E-state index in [4.69, 9.17) is 0 Å². The number of hydrogen-bond donors (Lipinski definition) is 1. The van der Waals surface area contributed by atoms with Gasteiger partial charge in [-0.1, -0.05) is 26.8 Å². The number of hydrazone groups is 1. The largest absolute Gasteiger partial charge is 0.368 e. The zero-order valence-electron chi connectivity index (χ0n) is 12.1. The van der Waals surface area contributed by atoms with Crippen LogP contribution in [-0.2, 0) is 0 Å². The van der Waals surface area contributed by atoms with Crippen molar-refractivity contribution in [3.8, 4) is 0 Å². The molecule has 2 rings (SSSR count). The van der Waals surface area contributed by atoms with E-state index in [-0.39, 0.29) is 17.7 Å². The molecule has 0 fully saturated rings. The summed E-state index contributed by atoms with van der Waals surface area (Å²) in [6.07, 6.45) is 1.69. The summed E-state index contributed by atoms with van der Waals surface area (Å²) >= 11 is 0. The second kappa shape index (κ2) is 4.92. The molecule has 1 aliphatic heterocycles. The SMILES string of the molecule is CC(C)(C)[C@@]1(O)CC=NN1C(=O)c1cccc([N+](=O)[O-])c1. The van der Waals surface area contributed by atoms with E-state index < -0.39 is 22.0 Å². The first kappa shape index (κ1) is 15.1. The lowest BCUT2D eigenvalue weighted by Crippen LogP contribution is -2.54. The summed E-state index contributed by atoms with van der Waals surface area (Å²) in [6.45, 7) is 5.40. The van der Waals surface area contributed by atoms with Crippen LogP contribution in [-0.4, -0.2) is 32.9 Å². The van der Waals surface area contributed by atoms with Gasteiger partial charge in [0.2, 0.25) is 0 Å². The van der Waals surface area contributed by atoms with Crippen LogP contribution in [0.4, 0.5) is 5.69 Å². The van der Waals surface area contributed by atoms with Crippen LogP contribution in [0.25, 0.3) is 0 Å². The smallest absolute Gasteiger partial charge is 0.276 e. The molecule has 7 nitrogen and oxygen atoms in total. The molecular formula is C14H17N3O4. The maximum absolute atomic E-state index is 12.5. The molecule has 0 aromatic heterocycles. The minimum absolute atomic E-state index is 0.117. The Hall–Kier alpha value is -2.28. The third-order valence-electron chi connectivity index (χ3n) is 3.62. The van der Waals surface area contributed by atoms with Gasteiger partial charge in [0.05, 0.1) is 4.92 Å². The molecular weight excluding hydrogens is 274 g/mol. The van der Waals surface area contributed by atoms with Crippen molar-refractivity contribution in [2.75, 3.05) is 0 Å². The van der Waals surface area contributed by atoms with Gasteiger partial charge in [-0.15, -0.1) is 0 Å². The van der Waals surface area contributed by atoms with E-state index in [1.807, 2.05) is 0 Å². The van der Waals surface area contributed by atoms with Crippen LogP contribution in [0.5, 0.6) is 0 Å². The lowest BCUT2D eigenvalue weighted by atomic mass is 9.81. The first-order valence-corrected chi connectivity index (χ1v) is 6.51. The molecule has 0 radical (unpaired) electrons. The Morgan fingerprint density at radius 1 is 1.48 bits per heavy atom. The molecule has 0 bridgehead atoms. The van der Waals surface area contributed by atoms with E-state index >= 15 is 0 Å². The van der Waals surface area contributed by atoms with E-state index in [2.05, 4.69) is 5.10 Å². The van der Waals surface area contributed by atoms with E-state index in [1.165, 1.54) is 30.5 Å². The third-order valence-corrected chi connectivity index (χ3v) is 3.62. The summed E-state index contributed by atoms with van der Waals surface area (Å²) in [5.41, 5.74) is -2.12. The second-order valence-electron chi connectivity index (χ2n) is 5.99. The number of nitro groups is 1. The highest BCUT2D eigenvalue weighted by molar-refractivity contribution is 5.96. The van der Waals surface area contributed by atoms with Gasteiger partial charge < -0.3 is 5.11 Å². The summed E-state index contributed by atoms with van der Waals surface area (Å²) in [7, 11) is 0. The summed E-state index contributed by atoms with van der Waals surface area (Å²) in [5.74, 6) is -0.565. The average Bonchev–Trinajstić information content (AvgIpc) is 2.81. The van der Waals surface area contributed by atoms with Gasteiger partial charge >= 0.3 is 0 Å². The molecule has 0 saturated carbocycles. The molecule has 1 atom stereocenters. The summed E-state index contributed by atoms with van der Waals surface area (Å²) in [5, 5.41) is 26.5. The average molecular weight is 291 g/mol. The van der Waals surface area contributed by atoms with E-state index in [1.54, 1.807) is 20.8 Å². The van der Waals surface area contributed by atoms with Gasteiger partial charge in [0.25, 0.3) is 11.6 Å². The Morgan fingerprint density at radius 3 is 2.71 bits per heavy atom. The lowest BCUT2D eigenvalue weighted by Gasteiger charge is -2.41. The Kier molecular flexibility index (Phi) is 3.54. The standard InChI is InChI=1S/C14H17N3O4/c1-13(2,3)14(19)7-8-15-16(14)12(18)10-5-4-6-11(9-10)17(20)21/h4-6,8-9,19H,7H2,1-3H3/t14-/m0/s1. The third kappa shape index (κ3) is 2.52. The molecule has 112 valence electrons. The molecule has 1 amide bonds. The highest BCUT2D eigenvalue weighted by Gasteiger charge is 2.50. The number of non-ortho nitro benzene ring substituents is 1. The van der Waals surface area contributed by atoms with Gasteiger partial charge in [-0.25, -0.2) is 0 Å². The predicted molar refractivity (Wildman–Crippen MR) is 76.8 cm³/mol. The molecule has 7 heteroatoms. The van der Waals surface area contributed by atoms with Gasteiger partial charge in [-0.2, -0.15) is 10.1 Å². The number of nitro benzene ring substituents is 1. The number of carbonyl (C=O) groups is 1. The van der Waals surface area contributed by atoms with Gasteiger partial charge in [0.1, 0.15) is 0 Å². The lowest BCUT2D eigenvalue weighted by molar-refractivity contribution is -0.384. The van der Waals surface area contributed by atoms with Crippen molar-refractivity contribution in [2.24, 2.45) is 10.5 Å². The molecule has 0 spiro atoms. The topological polar surface area (TPSA) is 96.0 Å². The van der Waals surface area contributed by atoms with Crippen molar-refractivity contribution < 1.29 is 14.8 Å². The monoisotopic (exact) mass is 291 g/mol. The molecule has 0 unspecified atom stereocenters. The Bertz CT molecular complexity index is 621. The van der Waals surface area contributed by atoms with Gasteiger partial charge in [-0.3, -0.25) is 14.9 Å². The molecule has 1 aliphatic rings. The quantitative estimate of drug-likeness (QED) is 0.667. The van der Waals surface area contributed by atoms with Crippen LogP contribution in [0.15, 0.2) is 29.4 Å². The van der Waals surface area contributed by atoms with Gasteiger partial charge in [0, 0.05) is 35.7 Å². The minimum atomic E-state index is -1.45. The summed E-state index contributed by atoms with van der Waals surface area (Å²) in [6, 6.07) is 5.38. The second-order valence-corrected chi connectivity index (χ2v) is 5.99. The van der Waals surface area contributed by atoms with Crippen molar-refractivity contribution >= 4 is 17.8 Å². The number of amides is 1. The highest BCUT2D eigenvalue weighted by atomic mass is 16.6. The fourth-order valence-electron chi connectivity index (χ4n) is 2.15.